The lowest BCUT2D eigenvalue weighted by molar-refractivity contribution is 0.952. The summed E-state index contributed by atoms with van der Waals surface area (Å²) in [5.74, 6) is 0. The van der Waals surface area contributed by atoms with Crippen LogP contribution in [0, 0.1) is 0 Å². The van der Waals surface area contributed by atoms with Crippen molar-refractivity contribution in [2.45, 2.75) is 0 Å². The smallest absolute Gasteiger partial charge is 0.121 e. The lowest BCUT2D eigenvalue weighted by atomic mass is 10.2. The van der Waals surface area contributed by atoms with Crippen molar-refractivity contribution < 1.29 is 0 Å². The Kier molecular flexibility index (Phi) is 2.33. The van der Waals surface area contributed by atoms with Crippen molar-refractivity contribution in [1.29, 1.82) is 0 Å². The summed E-state index contributed by atoms with van der Waals surface area (Å²) in [6.45, 7) is 0. The van der Waals surface area contributed by atoms with Gasteiger partial charge in [0.05, 0.1) is 10.2 Å². The van der Waals surface area contributed by atoms with Gasteiger partial charge in [-0.05, 0) is 22.0 Å². The number of para-hydroxylation sites is 1. The first-order valence-corrected chi connectivity index (χ1v) is 5.35. The fourth-order valence-electron chi connectivity index (χ4n) is 1.62. The van der Waals surface area contributed by atoms with Gasteiger partial charge >= 0.3 is 0 Å². The largest absolute Gasteiger partial charge is 0.388 e. The molecule has 72 valence electrons. The highest BCUT2D eigenvalue weighted by atomic mass is 79.9. The molecule has 2 N–H and O–H groups in total. The minimum atomic E-state index is 0.413. The van der Waals surface area contributed by atoms with Gasteiger partial charge in [-0.25, -0.2) is 0 Å². The van der Waals surface area contributed by atoms with Crippen LogP contribution in [0.25, 0.3) is 10.9 Å². The number of aryl methyl sites for hydroxylation is 1. The molecule has 0 aliphatic heterocycles. The van der Waals surface area contributed by atoms with Crippen molar-refractivity contribution in [3.05, 3.63) is 34.4 Å². The van der Waals surface area contributed by atoms with Crippen molar-refractivity contribution in [2.24, 2.45) is 12.8 Å². The van der Waals surface area contributed by atoms with Gasteiger partial charge in [-0.2, -0.15) is 0 Å². The molecule has 0 aliphatic carbocycles. The number of thiocarbonyl (C=S) groups is 1. The normalized spacial score (nSPS) is 10.7. The zero-order valence-electron chi connectivity index (χ0n) is 7.62. The average Bonchev–Trinajstić information content (AvgIpc) is 2.41. The van der Waals surface area contributed by atoms with Crippen LogP contribution < -0.4 is 5.73 Å². The summed E-state index contributed by atoms with van der Waals surface area (Å²) in [6, 6.07) is 8.08. The van der Waals surface area contributed by atoms with Crippen LogP contribution in [0.1, 0.15) is 5.69 Å². The molecule has 2 aromatic rings. The summed E-state index contributed by atoms with van der Waals surface area (Å²) in [4.78, 5) is 0.413. The minimum Gasteiger partial charge on any atom is -0.388 e. The molecular weight excluding hydrogens is 260 g/mol. The molecule has 0 saturated carbocycles. The number of nitrogens with zero attached hydrogens (tertiary/aromatic N) is 1. The third-order valence-electron chi connectivity index (χ3n) is 2.28. The lowest BCUT2D eigenvalue weighted by Gasteiger charge is -2.01. The molecule has 2 rings (SSSR count). The molecule has 0 fully saturated rings. The summed E-state index contributed by atoms with van der Waals surface area (Å²) in [7, 11) is 1.96. The first kappa shape index (κ1) is 9.68. The second-order valence-corrected chi connectivity index (χ2v) is 4.34. The molecular formula is C10H9BrN2S. The van der Waals surface area contributed by atoms with E-state index in [1.165, 1.54) is 0 Å². The van der Waals surface area contributed by atoms with Crippen molar-refractivity contribution in [1.82, 2.24) is 4.57 Å². The Morgan fingerprint density at radius 2 is 2.07 bits per heavy atom. The summed E-state index contributed by atoms with van der Waals surface area (Å²) in [5, 5.41) is 1.14. The van der Waals surface area contributed by atoms with Crippen LogP contribution in [-0.4, -0.2) is 9.56 Å². The van der Waals surface area contributed by atoms with Crippen LogP contribution in [0.3, 0.4) is 0 Å². The van der Waals surface area contributed by atoms with E-state index >= 15 is 0 Å². The summed E-state index contributed by atoms with van der Waals surface area (Å²) < 4.78 is 2.98. The lowest BCUT2D eigenvalue weighted by Crippen LogP contribution is -2.14. The van der Waals surface area contributed by atoms with Crippen LogP contribution in [0.4, 0.5) is 0 Å². The Hall–Kier alpha value is -0.870. The fourth-order valence-corrected chi connectivity index (χ4v) is 2.81. The van der Waals surface area contributed by atoms with E-state index in [0.29, 0.717) is 4.99 Å². The van der Waals surface area contributed by atoms with Gasteiger partial charge in [0.15, 0.2) is 0 Å². The monoisotopic (exact) mass is 268 g/mol. The van der Waals surface area contributed by atoms with Gasteiger partial charge in [0.2, 0.25) is 0 Å². The molecule has 2 nitrogen and oxygen atoms in total. The number of nitrogens with two attached hydrogens (primary N) is 1. The third kappa shape index (κ3) is 1.26. The van der Waals surface area contributed by atoms with Gasteiger partial charge in [-0.15, -0.1) is 0 Å². The maximum Gasteiger partial charge on any atom is 0.121 e. The maximum absolute atomic E-state index is 5.66. The van der Waals surface area contributed by atoms with Gasteiger partial charge in [0.1, 0.15) is 4.99 Å². The van der Waals surface area contributed by atoms with E-state index in [2.05, 4.69) is 15.9 Å². The van der Waals surface area contributed by atoms with Crippen molar-refractivity contribution in [3.8, 4) is 0 Å². The number of fused-ring (bicyclic) bond motifs is 1. The van der Waals surface area contributed by atoms with Gasteiger partial charge < -0.3 is 10.3 Å². The molecule has 1 heterocycles. The molecule has 1 aromatic carbocycles. The highest BCUT2D eigenvalue weighted by Gasteiger charge is 2.13. The molecule has 0 aliphatic rings. The Bertz CT molecular complexity index is 477. The van der Waals surface area contributed by atoms with Crippen molar-refractivity contribution >= 4 is 44.0 Å². The number of hydrogen-bond acceptors (Lipinski definition) is 1. The van der Waals surface area contributed by atoms with Crippen LogP contribution in [-0.2, 0) is 7.05 Å². The SMILES string of the molecule is Cn1c(C(N)=S)c(Br)c2ccccc21. The van der Waals surface area contributed by atoms with E-state index < -0.39 is 0 Å². The number of rotatable bonds is 1. The minimum absolute atomic E-state index is 0.413. The van der Waals surface area contributed by atoms with E-state index in [1.807, 2.05) is 35.9 Å². The third-order valence-corrected chi connectivity index (χ3v) is 3.27. The molecule has 0 radical (unpaired) electrons. The predicted molar refractivity (Wildman–Crippen MR) is 66.5 cm³/mol. The van der Waals surface area contributed by atoms with Crippen molar-refractivity contribution in [3.63, 3.8) is 0 Å². The Balaban J connectivity index is 2.92. The van der Waals surface area contributed by atoms with E-state index in [4.69, 9.17) is 18.0 Å². The average molecular weight is 269 g/mol. The topological polar surface area (TPSA) is 30.9 Å². The van der Waals surface area contributed by atoms with Crippen LogP contribution in [0.5, 0.6) is 0 Å². The maximum atomic E-state index is 5.66. The quantitative estimate of drug-likeness (QED) is 0.807. The Labute approximate surface area is 95.8 Å². The number of hydrogen-bond donors (Lipinski definition) is 1. The summed E-state index contributed by atoms with van der Waals surface area (Å²) in [5.41, 5.74) is 7.66. The van der Waals surface area contributed by atoms with Gasteiger partial charge in [-0.3, -0.25) is 0 Å². The zero-order chi connectivity index (χ0) is 10.3. The first-order chi connectivity index (χ1) is 6.63. The molecule has 0 saturated heterocycles. The van der Waals surface area contributed by atoms with Crippen LogP contribution in [0.15, 0.2) is 28.7 Å². The van der Waals surface area contributed by atoms with E-state index in [9.17, 15) is 0 Å². The van der Waals surface area contributed by atoms with Gasteiger partial charge in [-0.1, -0.05) is 30.4 Å². The second-order valence-electron chi connectivity index (χ2n) is 3.10. The predicted octanol–water partition coefficient (Wildman–Crippen LogP) is 2.58. The fraction of sp³-hybridized carbons (Fsp3) is 0.100. The standard InChI is InChI=1S/C10H9BrN2S/c1-13-7-5-3-2-4-6(7)8(11)9(13)10(12)14/h2-5H,1H3,(H2,12,14). The molecule has 0 unspecified atom stereocenters. The summed E-state index contributed by atoms with van der Waals surface area (Å²) >= 11 is 8.52. The first-order valence-electron chi connectivity index (χ1n) is 4.15. The second kappa shape index (κ2) is 3.37. The van der Waals surface area contributed by atoms with Crippen molar-refractivity contribution in [2.75, 3.05) is 0 Å². The highest BCUT2D eigenvalue weighted by molar-refractivity contribution is 9.10. The molecule has 4 heteroatoms. The van der Waals surface area contributed by atoms with E-state index in [0.717, 1.165) is 21.1 Å². The highest BCUT2D eigenvalue weighted by Crippen LogP contribution is 2.29. The number of benzene rings is 1. The molecule has 0 spiro atoms. The molecule has 14 heavy (non-hydrogen) atoms. The Morgan fingerprint density at radius 1 is 1.43 bits per heavy atom. The van der Waals surface area contributed by atoms with Gasteiger partial charge in [0.25, 0.3) is 0 Å². The zero-order valence-corrected chi connectivity index (χ0v) is 10.0. The van der Waals surface area contributed by atoms with E-state index in [1.54, 1.807) is 0 Å². The molecule has 0 amide bonds. The molecule has 0 atom stereocenters. The summed E-state index contributed by atoms with van der Waals surface area (Å²) in [6.07, 6.45) is 0. The van der Waals surface area contributed by atoms with E-state index in [-0.39, 0.29) is 0 Å². The van der Waals surface area contributed by atoms with Gasteiger partial charge in [0, 0.05) is 18.0 Å². The number of halogens is 1. The Morgan fingerprint density at radius 3 is 2.64 bits per heavy atom. The molecule has 1 aromatic heterocycles. The van der Waals surface area contributed by atoms with Crippen LogP contribution >= 0.6 is 28.1 Å². The number of aromatic nitrogens is 1. The molecule has 0 bridgehead atoms. The van der Waals surface area contributed by atoms with Crippen LogP contribution in [0.2, 0.25) is 0 Å².